The first-order valence-corrected chi connectivity index (χ1v) is 12.7. The van der Waals surface area contributed by atoms with Crippen LogP contribution in [0.4, 0.5) is 27.6 Å². The zero-order valence-electron chi connectivity index (χ0n) is 22.7. The highest BCUT2D eigenvalue weighted by Crippen LogP contribution is 2.55. The predicted octanol–water partition coefficient (Wildman–Crippen LogP) is 4.22. The van der Waals surface area contributed by atoms with Crippen molar-refractivity contribution >= 4 is 17.5 Å². The average Bonchev–Trinajstić information content (AvgIpc) is 3.18. The lowest BCUT2D eigenvalue weighted by atomic mass is 9.77. The largest absolute Gasteiger partial charge is 0.493 e. The highest BCUT2D eigenvalue weighted by atomic mass is 19.4. The molecule has 0 saturated carbocycles. The average molecular weight is 571 g/mol. The molecule has 4 rings (SSSR count). The third kappa shape index (κ3) is 5.24. The van der Waals surface area contributed by atoms with Crippen LogP contribution in [0.25, 0.3) is 0 Å². The van der Waals surface area contributed by atoms with Gasteiger partial charge in [0.05, 0.1) is 7.11 Å². The zero-order valence-corrected chi connectivity index (χ0v) is 22.7. The Hall–Kier alpha value is -3.32. The summed E-state index contributed by atoms with van der Waals surface area (Å²) in [4.78, 5) is 34.4. The molecule has 13 heteroatoms. The van der Waals surface area contributed by atoms with Crippen LogP contribution >= 0.6 is 0 Å². The van der Waals surface area contributed by atoms with Crippen molar-refractivity contribution in [3.05, 3.63) is 53.4 Å². The number of pyridine rings is 1. The summed E-state index contributed by atoms with van der Waals surface area (Å²) in [6.45, 7) is 5.66. The van der Waals surface area contributed by atoms with Crippen molar-refractivity contribution in [1.29, 1.82) is 0 Å². The zero-order chi connectivity index (χ0) is 29.6. The number of ether oxygens (including phenoxy) is 2. The lowest BCUT2D eigenvalue weighted by Gasteiger charge is -2.37. The van der Waals surface area contributed by atoms with E-state index in [4.69, 9.17) is 9.47 Å². The van der Waals surface area contributed by atoms with E-state index in [9.17, 15) is 31.5 Å². The van der Waals surface area contributed by atoms with E-state index in [1.807, 2.05) is 14.0 Å². The number of nitrogens with zero attached hydrogens (tertiary/aromatic N) is 3. The minimum atomic E-state index is -4.89. The summed E-state index contributed by atoms with van der Waals surface area (Å²) in [6, 6.07) is 4.70. The van der Waals surface area contributed by atoms with E-state index >= 15 is 0 Å². The van der Waals surface area contributed by atoms with Gasteiger partial charge in [0, 0.05) is 55.0 Å². The number of carbonyl (C=O) groups excluding carboxylic acids is 2. The Morgan fingerprint density at radius 2 is 1.88 bits per heavy atom. The number of rotatable bonds is 5. The molecule has 8 nitrogen and oxygen atoms in total. The maximum Gasteiger partial charge on any atom is 0.417 e. The van der Waals surface area contributed by atoms with E-state index in [0.717, 1.165) is 26.2 Å². The van der Waals surface area contributed by atoms with E-state index < -0.39 is 53.0 Å². The van der Waals surface area contributed by atoms with Gasteiger partial charge >= 0.3 is 6.18 Å². The van der Waals surface area contributed by atoms with E-state index in [1.54, 1.807) is 4.90 Å². The minimum Gasteiger partial charge on any atom is -0.493 e. The standard InChI is InChI=1S/C27H31F5N4O4/c1-14-13-36(11-10-35(14)4)25(38)19-12-16(8-9-33-19)34-24(37)23-20(15(2)26(3,40-23)27(30,31)32)17-6-7-18(28)21(29)22(17)39-5/h6-9,12,14-15,20,23H,10-11,13H2,1-5H3,(H,33,34,37)/t14-,15+,20+,23-,26-/m1/s1. The second kappa shape index (κ2) is 10.9. The fourth-order valence-corrected chi connectivity index (χ4v) is 5.27. The number of benzene rings is 1. The normalized spacial score (nSPS) is 27.5. The molecule has 5 atom stereocenters. The third-order valence-electron chi connectivity index (χ3n) is 8.06. The van der Waals surface area contributed by atoms with Gasteiger partial charge in [0.2, 0.25) is 5.82 Å². The number of aromatic nitrogens is 1. The van der Waals surface area contributed by atoms with Gasteiger partial charge in [-0.15, -0.1) is 0 Å². The lowest BCUT2D eigenvalue weighted by molar-refractivity contribution is -0.272. The highest BCUT2D eigenvalue weighted by Gasteiger charge is 2.66. The van der Waals surface area contributed by atoms with Crippen LogP contribution in [-0.2, 0) is 9.53 Å². The Labute approximate surface area is 228 Å². The van der Waals surface area contributed by atoms with Gasteiger partial charge in [0.15, 0.2) is 17.2 Å². The predicted molar refractivity (Wildman–Crippen MR) is 135 cm³/mol. The molecule has 3 heterocycles. The topological polar surface area (TPSA) is 84.0 Å². The molecule has 1 aromatic heterocycles. The number of hydrogen-bond donors (Lipinski definition) is 1. The van der Waals surface area contributed by atoms with Crippen molar-refractivity contribution < 1.29 is 41.0 Å². The first-order chi connectivity index (χ1) is 18.7. The monoisotopic (exact) mass is 570 g/mol. The van der Waals surface area contributed by atoms with Gasteiger partial charge in [0.25, 0.3) is 11.8 Å². The Balaban J connectivity index is 1.64. The molecule has 0 unspecified atom stereocenters. The van der Waals surface area contributed by atoms with E-state index in [1.165, 1.54) is 25.3 Å². The number of piperazine rings is 1. The van der Waals surface area contributed by atoms with Crippen LogP contribution in [0.2, 0.25) is 0 Å². The fourth-order valence-electron chi connectivity index (χ4n) is 5.27. The molecule has 2 aliphatic heterocycles. The van der Waals surface area contributed by atoms with Gasteiger partial charge < -0.3 is 24.6 Å². The molecule has 2 aromatic rings. The second-order valence-electron chi connectivity index (χ2n) is 10.4. The summed E-state index contributed by atoms with van der Waals surface area (Å²) in [5, 5.41) is 2.51. The van der Waals surface area contributed by atoms with Crippen molar-refractivity contribution in [2.75, 3.05) is 39.1 Å². The van der Waals surface area contributed by atoms with E-state index in [-0.39, 0.29) is 28.9 Å². The summed E-state index contributed by atoms with van der Waals surface area (Å²) >= 11 is 0. The molecule has 0 radical (unpaired) electrons. The molecule has 0 aliphatic carbocycles. The number of hydrogen-bond acceptors (Lipinski definition) is 6. The maximum atomic E-state index is 14.6. The maximum absolute atomic E-state index is 14.6. The first-order valence-electron chi connectivity index (χ1n) is 12.7. The number of likely N-dealkylation sites (N-methyl/N-ethyl adjacent to an activating group) is 1. The smallest absolute Gasteiger partial charge is 0.417 e. The SMILES string of the molecule is COc1c([C@H]2[C@H](C(=O)Nc3ccnc(C(=O)N4CCN(C)[C@H](C)C4)c3)O[C@@](C)(C(F)(F)F)[C@H]2C)ccc(F)c1F. The Morgan fingerprint density at radius 1 is 1.18 bits per heavy atom. The third-order valence-corrected chi connectivity index (χ3v) is 8.06. The Kier molecular flexibility index (Phi) is 8.10. The van der Waals surface area contributed by atoms with Crippen LogP contribution in [0.5, 0.6) is 5.75 Å². The number of alkyl halides is 3. The first kappa shape index (κ1) is 29.7. The van der Waals surface area contributed by atoms with E-state index in [0.29, 0.717) is 19.6 Å². The molecule has 1 aromatic carbocycles. The molecule has 2 aliphatic rings. The molecule has 0 spiro atoms. The summed E-state index contributed by atoms with van der Waals surface area (Å²) in [7, 11) is 3.01. The number of amides is 2. The molecular weight excluding hydrogens is 539 g/mol. The number of nitrogens with one attached hydrogen (secondary N) is 1. The van der Waals surface area contributed by atoms with Crippen LogP contribution in [0.3, 0.4) is 0 Å². The fraction of sp³-hybridized carbons (Fsp3) is 0.519. The van der Waals surface area contributed by atoms with Crippen molar-refractivity contribution in [1.82, 2.24) is 14.8 Å². The molecular formula is C27H31F5N4O4. The summed E-state index contributed by atoms with van der Waals surface area (Å²) in [5.41, 5.74) is -2.77. The Morgan fingerprint density at radius 3 is 2.50 bits per heavy atom. The summed E-state index contributed by atoms with van der Waals surface area (Å²) < 4.78 is 81.4. The minimum absolute atomic E-state index is 0.0502. The van der Waals surface area contributed by atoms with Gasteiger partial charge in [0.1, 0.15) is 11.8 Å². The molecule has 0 bridgehead atoms. The quantitative estimate of drug-likeness (QED) is 0.542. The molecule has 2 amide bonds. The number of carbonyl (C=O) groups is 2. The van der Waals surface area contributed by atoms with Gasteiger partial charge in [-0.1, -0.05) is 13.0 Å². The lowest BCUT2D eigenvalue weighted by Crippen LogP contribution is -2.52. The van der Waals surface area contributed by atoms with Crippen molar-refractivity contribution in [2.24, 2.45) is 5.92 Å². The van der Waals surface area contributed by atoms with E-state index in [2.05, 4.69) is 15.2 Å². The van der Waals surface area contributed by atoms with Gasteiger partial charge in [-0.25, -0.2) is 4.39 Å². The van der Waals surface area contributed by atoms with Gasteiger partial charge in [-0.05, 0) is 39.1 Å². The number of anilines is 1. The molecule has 1 N–H and O–H groups in total. The molecule has 40 heavy (non-hydrogen) atoms. The second-order valence-corrected chi connectivity index (χ2v) is 10.4. The van der Waals surface area contributed by atoms with Crippen LogP contribution in [0, 0.1) is 17.6 Å². The van der Waals surface area contributed by atoms with Crippen LogP contribution in [0.1, 0.15) is 42.7 Å². The van der Waals surface area contributed by atoms with Crippen LogP contribution in [0.15, 0.2) is 30.5 Å². The van der Waals surface area contributed by atoms with Gasteiger partial charge in [-0.2, -0.15) is 17.6 Å². The Bertz CT molecular complexity index is 1290. The molecule has 2 fully saturated rings. The summed E-state index contributed by atoms with van der Waals surface area (Å²) in [6.07, 6.45) is -5.34. The van der Waals surface area contributed by atoms with Crippen LogP contribution in [-0.4, -0.2) is 84.3 Å². The number of halogens is 5. The molecule has 2 saturated heterocycles. The highest BCUT2D eigenvalue weighted by molar-refractivity contribution is 5.98. The van der Waals surface area contributed by atoms with Crippen molar-refractivity contribution in [3.63, 3.8) is 0 Å². The number of methoxy groups -OCH3 is 1. The summed E-state index contributed by atoms with van der Waals surface area (Å²) in [5.74, 6) is -7.31. The van der Waals surface area contributed by atoms with Gasteiger partial charge in [-0.3, -0.25) is 14.6 Å². The van der Waals surface area contributed by atoms with Crippen molar-refractivity contribution in [2.45, 2.75) is 50.6 Å². The van der Waals surface area contributed by atoms with Crippen LogP contribution < -0.4 is 10.1 Å². The molecule has 218 valence electrons. The van der Waals surface area contributed by atoms with Crippen molar-refractivity contribution in [3.8, 4) is 5.75 Å².